The van der Waals surface area contributed by atoms with E-state index in [-0.39, 0.29) is 5.91 Å². The Morgan fingerprint density at radius 1 is 1.06 bits per heavy atom. The summed E-state index contributed by atoms with van der Waals surface area (Å²) >= 11 is 6.26. The molecule has 1 aromatic heterocycles. The van der Waals surface area contributed by atoms with Crippen molar-refractivity contribution in [2.45, 2.75) is 6.54 Å². The van der Waals surface area contributed by atoms with E-state index in [2.05, 4.69) is 26.3 Å². The second-order valence-corrected chi connectivity index (χ2v) is 7.86. The van der Waals surface area contributed by atoms with Gasteiger partial charge < -0.3 is 15.0 Å². The number of nitrogens with zero attached hydrogens (tertiary/aromatic N) is 4. The number of ether oxygens (including phenoxy) is 1. The third kappa shape index (κ3) is 5.18. The highest BCUT2D eigenvalue weighted by Crippen LogP contribution is 2.28. The van der Waals surface area contributed by atoms with E-state index < -0.39 is 0 Å². The molecule has 7 nitrogen and oxygen atoms in total. The standard InChI is InChI=1S/C23H26ClN5O2/c1-31-21-9-5-4-8-20(21)28-14-12-27(13-15-28)17-23(30)26-22-10-11-25-29(22)16-18-6-2-3-7-19(18)24/h2-11H,12-17H2,1H3,(H,26,30). The maximum atomic E-state index is 12.6. The number of rotatable bonds is 7. The van der Waals surface area contributed by atoms with Crippen LogP contribution in [0.5, 0.6) is 5.75 Å². The first kappa shape index (κ1) is 21.2. The Kier molecular flexibility index (Phi) is 6.74. The summed E-state index contributed by atoms with van der Waals surface area (Å²) in [7, 11) is 1.69. The molecule has 2 heterocycles. The normalized spacial score (nSPS) is 14.5. The van der Waals surface area contributed by atoms with Crippen LogP contribution >= 0.6 is 11.6 Å². The van der Waals surface area contributed by atoms with Crippen molar-refractivity contribution >= 4 is 29.0 Å². The molecule has 0 unspecified atom stereocenters. The van der Waals surface area contributed by atoms with Crippen molar-refractivity contribution in [1.82, 2.24) is 14.7 Å². The molecule has 8 heteroatoms. The van der Waals surface area contributed by atoms with Crippen molar-refractivity contribution in [3.05, 3.63) is 71.4 Å². The fraction of sp³-hybridized carbons (Fsp3) is 0.304. The van der Waals surface area contributed by atoms with Crippen LogP contribution in [0.25, 0.3) is 0 Å². The van der Waals surface area contributed by atoms with E-state index in [1.807, 2.05) is 42.5 Å². The number of hydrogen-bond donors (Lipinski definition) is 1. The number of amides is 1. The maximum absolute atomic E-state index is 12.6. The molecule has 1 N–H and O–H groups in total. The molecule has 162 valence electrons. The SMILES string of the molecule is COc1ccccc1N1CCN(CC(=O)Nc2ccnn2Cc2ccccc2Cl)CC1. The van der Waals surface area contributed by atoms with Gasteiger partial charge in [0.25, 0.3) is 0 Å². The fourth-order valence-corrected chi connectivity index (χ4v) is 3.97. The van der Waals surface area contributed by atoms with Crippen LogP contribution in [0.2, 0.25) is 5.02 Å². The first-order valence-electron chi connectivity index (χ1n) is 10.3. The summed E-state index contributed by atoms with van der Waals surface area (Å²) in [6.45, 7) is 4.15. The molecule has 0 radical (unpaired) electrons. The van der Waals surface area contributed by atoms with Crippen LogP contribution in [0, 0.1) is 0 Å². The Morgan fingerprint density at radius 2 is 1.81 bits per heavy atom. The molecule has 0 saturated carbocycles. The molecule has 1 amide bonds. The van der Waals surface area contributed by atoms with Crippen molar-refractivity contribution in [2.24, 2.45) is 0 Å². The van der Waals surface area contributed by atoms with Crippen LogP contribution in [-0.2, 0) is 11.3 Å². The molecule has 0 bridgehead atoms. The Morgan fingerprint density at radius 3 is 2.58 bits per heavy atom. The Balaban J connectivity index is 1.31. The Labute approximate surface area is 187 Å². The average molecular weight is 440 g/mol. The molecule has 1 aliphatic rings. The highest BCUT2D eigenvalue weighted by Gasteiger charge is 2.21. The minimum Gasteiger partial charge on any atom is -0.495 e. The summed E-state index contributed by atoms with van der Waals surface area (Å²) in [5, 5.41) is 7.99. The van der Waals surface area contributed by atoms with Crippen molar-refractivity contribution in [3.63, 3.8) is 0 Å². The van der Waals surface area contributed by atoms with Gasteiger partial charge in [0, 0.05) is 37.3 Å². The monoisotopic (exact) mass is 439 g/mol. The van der Waals surface area contributed by atoms with Crippen LogP contribution < -0.4 is 15.0 Å². The summed E-state index contributed by atoms with van der Waals surface area (Å²) in [5.41, 5.74) is 2.05. The molecule has 0 atom stereocenters. The van der Waals surface area contributed by atoms with Crippen LogP contribution in [0.15, 0.2) is 60.8 Å². The number of benzene rings is 2. The van der Waals surface area contributed by atoms with E-state index in [9.17, 15) is 4.79 Å². The van der Waals surface area contributed by atoms with Gasteiger partial charge in [-0.25, -0.2) is 4.68 Å². The topological polar surface area (TPSA) is 62.6 Å². The van der Waals surface area contributed by atoms with Crippen molar-refractivity contribution in [3.8, 4) is 5.75 Å². The van der Waals surface area contributed by atoms with E-state index >= 15 is 0 Å². The summed E-state index contributed by atoms with van der Waals surface area (Å²) in [5.74, 6) is 1.49. The van der Waals surface area contributed by atoms with Crippen molar-refractivity contribution in [2.75, 3.05) is 50.1 Å². The van der Waals surface area contributed by atoms with E-state index in [0.29, 0.717) is 23.9 Å². The predicted octanol–water partition coefficient (Wildman–Crippen LogP) is 3.35. The zero-order chi connectivity index (χ0) is 21.6. The van der Waals surface area contributed by atoms with Gasteiger partial charge in [0.2, 0.25) is 5.91 Å². The van der Waals surface area contributed by atoms with Gasteiger partial charge in [-0.15, -0.1) is 0 Å². The molecule has 31 heavy (non-hydrogen) atoms. The predicted molar refractivity (Wildman–Crippen MR) is 123 cm³/mol. The van der Waals surface area contributed by atoms with Crippen LogP contribution in [0.3, 0.4) is 0 Å². The molecule has 1 fully saturated rings. The van der Waals surface area contributed by atoms with Gasteiger partial charge in [-0.3, -0.25) is 9.69 Å². The number of carbonyl (C=O) groups is 1. The maximum Gasteiger partial charge on any atom is 0.239 e. The van der Waals surface area contributed by atoms with E-state index in [4.69, 9.17) is 16.3 Å². The van der Waals surface area contributed by atoms with Gasteiger partial charge in [-0.2, -0.15) is 5.10 Å². The first-order chi connectivity index (χ1) is 15.1. The number of anilines is 2. The van der Waals surface area contributed by atoms with Crippen LogP contribution in [0.1, 0.15) is 5.56 Å². The second-order valence-electron chi connectivity index (χ2n) is 7.45. The third-order valence-electron chi connectivity index (χ3n) is 5.43. The number of methoxy groups -OCH3 is 1. The Bertz CT molecular complexity index is 1030. The third-order valence-corrected chi connectivity index (χ3v) is 5.80. The van der Waals surface area contributed by atoms with Gasteiger partial charge >= 0.3 is 0 Å². The molecule has 4 rings (SSSR count). The zero-order valence-corrected chi connectivity index (χ0v) is 18.3. The van der Waals surface area contributed by atoms with Crippen LogP contribution in [-0.4, -0.2) is 60.4 Å². The summed E-state index contributed by atoms with van der Waals surface area (Å²) in [4.78, 5) is 17.1. The molecule has 0 spiro atoms. The molecule has 2 aromatic carbocycles. The van der Waals surface area contributed by atoms with Gasteiger partial charge in [0.05, 0.1) is 32.1 Å². The zero-order valence-electron chi connectivity index (χ0n) is 17.5. The molecule has 0 aliphatic carbocycles. The highest BCUT2D eigenvalue weighted by molar-refractivity contribution is 6.31. The lowest BCUT2D eigenvalue weighted by Crippen LogP contribution is -2.48. The van der Waals surface area contributed by atoms with Gasteiger partial charge in [-0.05, 0) is 23.8 Å². The number of carbonyl (C=O) groups excluding carboxylic acids is 1. The summed E-state index contributed by atoms with van der Waals surface area (Å²) in [6.07, 6.45) is 1.68. The highest BCUT2D eigenvalue weighted by atomic mass is 35.5. The lowest BCUT2D eigenvalue weighted by atomic mass is 10.2. The van der Waals surface area contributed by atoms with Crippen molar-refractivity contribution in [1.29, 1.82) is 0 Å². The molecule has 1 aliphatic heterocycles. The quantitative estimate of drug-likeness (QED) is 0.611. The second kappa shape index (κ2) is 9.85. The van der Waals surface area contributed by atoms with Crippen LogP contribution in [0.4, 0.5) is 11.5 Å². The molecular weight excluding hydrogens is 414 g/mol. The molecule has 1 saturated heterocycles. The fourth-order valence-electron chi connectivity index (χ4n) is 3.78. The first-order valence-corrected chi connectivity index (χ1v) is 10.7. The number of halogens is 1. The van der Waals surface area contributed by atoms with Gasteiger partial charge in [-0.1, -0.05) is 41.9 Å². The number of aromatic nitrogens is 2. The number of para-hydroxylation sites is 2. The number of hydrogen-bond acceptors (Lipinski definition) is 5. The smallest absolute Gasteiger partial charge is 0.239 e. The van der Waals surface area contributed by atoms with Crippen molar-refractivity contribution < 1.29 is 9.53 Å². The minimum atomic E-state index is -0.0494. The number of nitrogens with one attached hydrogen (secondary N) is 1. The summed E-state index contributed by atoms with van der Waals surface area (Å²) in [6, 6.07) is 17.5. The van der Waals surface area contributed by atoms with Gasteiger partial charge in [0.15, 0.2) is 0 Å². The lowest BCUT2D eigenvalue weighted by molar-refractivity contribution is -0.117. The minimum absolute atomic E-state index is 0.0494. The Hall–Kier alpha value is -3.03. The van der Waals surface area contributed by atoms with E-state index in [1.54, 1.807) is 24.1 Å². The summed E-state index contributed by atoms with van der Waals surface area (Å²) < 4.78 is 7.22. The van der Waals surface area contributed by atoms with E-state index in [1.165, 1.54) is 0 Å². The molecule has 3 aromatic rings. The van der Waals surface area contributed by atoms with Gasteiger partial charge in [0.1, 0.15) is 11.6 Å². The van der Waals surface area contributed by atoms with E-state index in [0.717, 1.165) is 43.2 Å². The lowest BCUT2D eigenvalue weighted by Gasteiger charge is -2.36. The average Bonchev–Trinajstić information content (AvgIpc) is 3.22. The number of piperazine rings is 1. The molecular formula is C23H26ClN5O2. The largest absolute Gasteiger partial charge is 0.495 e.